The van der Waals surface area contributed by atoms with Gasteiger partial charge in [-0.25, -0.2) is 0 Å². The predicted molar refractivity (Wildman–Crippen MR) is 99.2 cm³/mol. The zero-order valence-electron chi connectivity index (χ0n) is 14.5. The molecule has 3 nitrogen and oxygen atoms in total. The lowest BCUT2D eigenvalue weighted by molar-refractivity contribution is 0.0908. The van der Waals surface area contributed by atoms with E-state index in [1.165, 1.54) is 24.8 Å². The van der Waals surface area contributed by atoms with Gasteiger partial charge >= 0.3 is 0 Å². The second-order valence-electron chi connectivity index (χ2n) is 7.10. The van der Waals surface area contributed by atoms with Gasteiger partial charge in [-0.05, 0) is 48.4 Å². The number of carbonyl (C=O) groups is 1. The number of rotatable bonds is 5. The minimum atomic E-state index is -0.0879. The van der Waals surface area contributed by atoms with Crippen LogP contribution in [0.15, 0.2) is 54.6 Å². The largest absolute Gasteiger partial charge is 0.351 e. The molecule has 1 aliphatic rings. The number of hydrogen-bond acceptors (Lipinski definition) is 2. The summed E-state index contributed by atoms with van der Waals surface area (Å²) in [4.78, 5) is 12.5. The Morgan fingerprint density at radius 2 is 1.80 bits per heavy atom. The van der Waals surface area contributed by atoms with Crippen molar-refractivity contribution in [2.45, 2.75) is 38.5 Å². The van der Waals surface area contributed by atoms with Crippen molar-refractivity contribution in [2.24, 2.45) is 5.41 Å². The standard InChI is InChI=1S/C22H24N2O/c23-16-19-10-7-11-20(14-19)21(25)24-17-22(12-5-2-6-13-22)15-18-8-3-1-4-9-18/h1,3-4,7-11,14H,2,5-6,12-13,15,17H2,(H,24,25). The van der Waals surface area contributed by atoms with Gasteiger partial charge in [-0.15, -0.1) is 0 Å². The lowest BCUT2D eigenvalue weighted by Crippen LogP contribution is -2.40. The Kier molecular flexibility index (Phi) is 5.50. The Morgan fingerprint density at radius 3 is 2.52 bits per heavy atom. The smallest absolute Gasteiger partial charge is 0.251 e. The topological polar surface area (TPSA) is 52.9 Å². The number of nitrogens with one attached hydrogen (secondary N) is 1. The van der Waals surface area contributed by atoms with Gasteiger partial charge in [0.05, 0.1) is 11.6 Å². The summed E-state index contributed by atoms with van der Waals surface area (Å²) < 4.78 is 0. The minimum Gasteiger partial charge on any atom is -0.351 e. The number of carbonyl (C=O) groups excluding carboxylic acids is 1. The second-order valence-corrected chi connectivity index (χ2v) is 7.10. The minimum absolute atomic E-state index is 0.0879. The fourth-order valence-corrected chi connectivity index (χ4v) is 3.85. The van der Waals surface area contributed by atoms with E-state index in [9.17, 15) is 4.79 Å². The first-order chi connectivity index (χ1) is 12.2. The van der Waals surface area contributed by atoms with Crippen LogP contribution in [0, 0.1) is 16.7 Å². The molecule has 0 heterocycles. The number of hydrogen-bond donors (Lipinski definition) is 1. The molecular weight excluding hydrogens is 308 g/mol. The lowest BCUT2D eigenvalue weighted by atomic mass is 9.70. The highest BCUT2D eigenvalue weighted by Gasteiger charge is 2.32. The zero-order chi connectivity index (χ0) is 17.5. The first kappa shape index (κ1) is 17.2. The summed E-state index contributed by atoms with van der Waals surface area (Å²) >= 11 is 0. The Labute approximate surface area is 149 Å². The zero-order valence-corrected chi connectivity index (χ0v) is 14.5. The lowest BCUT2D eigenvalue weighted by Gasteiger charge is -2.37. The van der Waals surface area contributed by atoms with E-state index in [-0.39, 0.29) is 11.3 Å². The van der Waals surface area contributed by atoms with Crippen LogP contribution in [0.2, 0.25) is 0 Å². The van der Waals surface area contributed by atoms with Crippen LogP contribution in [0.3, 0.4) is 0 Å². The molecule has 0 radical (unpaired) electrons. The fraction of sp³-hybridized carbons (Fsp3) is 0.364. The molecule has 0 aromatic heterocycles. The molecule has 25 heavy (non-hydrogen) atoms. The van der Waals surface area contributed by atoms with E-state index in [1.54, 1.807) is 24.3 Å². The average molecular weight is 332 g/mol. The molecular formula is C22H24N2O. The maximum Gasteiger partial charge on any atom is 0.251 e. The van der Waals surface area contributed by atoms with Crippen molar-refractivity contribution in [2.75, 3.05) is 6.54 Å². The predicted octanol–water partition coefficient (Wildman–Crippen LogP) is 4.48. The van der Waals surface area contributed by atoms with Crippen LogP contribution in [0.1, 0.15) is 53.6 Å². The number of benzene rings is 2. The molecule has 128 valence electrons. The van der Waals surface area contributed by atoms with Gasteiger partial charge in [0, 0.05) is 12.1 Å². The maximum atomic E-state index is 12.5. The highest BCUT2D eigenvalue weighted by molar-refractivity contribution is 5.94. The van der Waals surface area contributed by atoms with E-state index < -0.39 is 0 Å². The monoisotopic (exact) mass is 332 g/mol. The number of amides is 1. The molecule has 1 fully saturated rings. The summed E-state index contributed by atoms with van der Waals surface area (Å²) in [6.07, 6.45) is 7.06. The summed E-state index contributed by atoms with van der Waals surface area (Å²) in [5.41, 5.74) is 2.56. The highest BCUT2D eigenvalue weighted by Crippen LogP contribution is 2.38. The molecule has 0 unspecified atom stereocenters. The molecule has 1 aliphatic carbocycles. The van der Waals surface area contributed by atoms with Gasteiger partial charge in [0.15, 0.2) is 0 Å². The van der Waals surface area contributed by atoms with Crippen molar-refractivity contribution >= 4 is 5.91 Å². The van der Waals surface area contributed by atoms with Crippen LogP contribution in [-0.2, 0) is 6.42 Å². The molecule has 2 aromatic rings. The van der Waals surface area contributed by atoms with Crippen molar-refractivity contribution in [3.8, 4) is 6.07 Å². The summed E-state index contributed by atoms with van der Waals surface area (Å²) in [5, 5.41) is 12.1. The quantitative estimate of drug-likeness (QED) is 0.877. The van der Waals surface area contributed by atoms with Crippen LogP contribution in [0.25, 0.3) is 0 Å². The van der Waals surface area contributed by atoms with Gasteiger partial charge in [0.2, 0.25) is 0 Å². The molecule has 1 N–H and O–H groups in total. The Bertz CT molecular complexity index is 755. The third-order valence-electron chi connectivity index (χ3n) is 5.21. The molecule has 3 heteroatoms. The third kappa shape index (κ3) is 4.48. The van der Waals surface area contributed by atoms with Crippen molar-refractivity contribution in [3.05, 3.63) is 71.3 Å². The summed E-state index contributed by atoms with van der Waals surface area (Å²) in [7, 11) is 0. The molecule has 1 amide bonds. The van der Waals surface area contributed by atoms with Crippen LogP contribution in [0.4, 0.5) is 0 Å². The van der Waals surface area contributed by atoms with Crippen molar-refractivity contribution in [3.63, 3.8) is 0 Å². The van der Waals surface area contributed by atoms with Gasteiger partial charge < -0.3 is 5.32 Å². The number of nitriles is 1. The Hall–Kier alpha value is -2.60. The maximum absolute atomic E-state index is 12.5. The van der Waals surface area contributed by atoms with E-state index in [4.69, 9.17) is 5.26 Å². The summed E-state index contributed by atoms with van der Waals surface area (Å²) in [6, 6.07) is 19.5. The Balaban J connectivity index is 1.70. The van der Waals surface area contributed by atoms with E-state index in [2.05, 4.69) is 35.7 Å². The van der Waals surface area contributed by atoms with Crippen LogP contribution in [-0.4, -0.2) is 12.5 Å². The van der Waals surface area contributed by atoms with Gasteiger partial charge in [-0.3, -0.25) is 4.79 Å². The molecule has 2 aromatic carbocycles. The fourth-order valence-electron chi connectivity index (χ4n) is 3.85. The Morgan fingerprint density at radius 1 is 1.04 bits per heavy atom. The van der Waals surface area contributed by atoms with E-state index in [0.717, 1.165) is 19.3 Å². The van der Waals surface area contributed by atoms with Crippen LogP contribution >= 0.6 is 0 Å². The molecule has 3 rings (SSSR count). The van der Waals surface area contributed by atoms with Crippen LogP contribution in [0.5, 0.6) is 0 Å². The van der Waals surface area contributed by atoms with Gasteiger partial charge in [-0.1, -0.05) is 55.7 Å². The second kappa shape index (κ2) is 7.98. The molecule has 0 atom stereocenters. The first-order valence-corrected chi connectivity index (χ1v) is 9.03. The van der Waals surface area contributed by atoms with E-state index in [1.807, 2.05) is 6.07 Å². The SMILES string of the molecule is N#Cc1cccc(C(=O)NCC2(Cc3ccccc3)CCCCC2)c1. The highest BCUT2D eigenvalue weighted by atomic mass is 16.1. The summed E-state index contributed by atoms with van der Waals surface area (Å²) in [5.74, 6) is -0.0879. The molecule has 1 saturated carbocycles. The molecule has 0 bridgehead atoms. The van der Waals surface area contributed by atoms with Gasteiger partial charge in [0.1, 0.15) is 0 Å². The average Bonchev–Trinajstić information content (AvgIpc) is 2.68. The molecule has 0 saturated heterocycles. The van der Waals surface area contributed by atoms with Gasteiger partial charge in [-0.2, -0.15) is 5.26 Å². The van der Waals surface area contributed by atoms with Crippen molar-refractivity contribution in [1.82, 2.24) is 5.32 Å². The molecule has 0 aliphatic heterocycles. The molecule has 0 spiro atoms. The van der Waals surface area contributed by atoms with E-state index >= 15 is 0 Å². The van der Waals surface area contributed by atoms with Gasteiger partial charge in [0.25, 0.3) is 5.91 Å². The first-order valence-electron chi connectivity index (χ1n) is 9.03. The number of nitrogens with zero attached hydrogens (tertiary/aromatic N) is 1. The summed E-state index contributed by atoms with van der Waals surface area (Å²) in [6.45, 7) is 0.692. The third-order valence-corrected chi connectivity index (χ3v) is 5.21. The van der Waals surface area contributed by atoms with Crippen molar-refractivity contribution in [1.29, 1.82) is 5.26 Å². The van der Waals surface area contributed by atoms with Crippen LogP contribution < -0.4 is 5.32 Å². The van der Waals surface area contributed by atoms with Crippen molar-refractivity contribution < 1.29 is 4.79 Å². The normalized spacial score (nSPS) is 16.0. The van der Waals surface area contributed by atoms with E-state index in [0.29, 0.717) is 17.7 Å².